The molecule has 0 aromatic heterocycles. The molecule has 118 valence electrons. The highest BCUT2D eigenvalue weighted by atomic mass is 32.2. The van der Waals surface area contributed by atoms with Crippen molar-refractivity contribution in [3.8, 4) is 0 Å². The third kappa shape index (κ3) is 27.2. The first-order valence-corrected chi connectivity index (χ1v) is 10.3. The topological polar surface area (TPSA) is 94.3 Å². The van der Waals surface area contributed by atoms with E-state index in [9.17, 15) is 16.8 Å². The van der Waals surface area contributed by atoms with Crippen molar-refractivity contribution >= 4 is 19.9 Å². The summed E-state index contributed by atoms with van der Waals surface area (Å²) in [6, 6.07) is 0. The lowest BCUT2D eigenvalue weighted by Crippen LogP contribution is -2.17. The van der Waals surface area contributed by atoms with Crippen LogP contribution in [0.25, 0.3) is 0 Å². The van der Waals surface area contributed by atoms with Crippen LogP contribution in [0.1, 0.15) is 47.0 Å². The largest absolute Gasteiger partial charge is 0.229 e. The van der Waals surface area contributed by atoms with E-state index in [1.54, 1.807) is 0 Å². The Morgan fingerprint density at radius 2 is 1.26 bits per heavy atom. The van der Waals surface area contributed by atoms with Crippen molar-refractivity contribution in [3.63, 3.8) is 0 Å². The van der Waals surface area contributed by atoms with Crippen LogP contribution in [0, 0.1) is 11.8 Å². The number of hydrogen-bond donors (Lipinski definition) is 1. The molecule has 2 N–H and O–H groups in total. The van der Waals surface area contributed by atoms with E-state index in [1.165, 1.54) is 6.26 Å². The van der Waals surface area contributed by atoms with Gasteiger partial charge in [0.15, 0.2) is 0 Å². The normalized spacial score (nSPS) is 12.4. The van der Waals surface area contributed by atoms with Crippen molar-refractivity contribution in [1.29, 1.82) is 0 Å². The van der Waals surface area contributed by atoms with Gasteiger partial charge < -0.3 is 0 Å². The Morgan fingerprint density at radius 1 is 0.842 bits per heavy atom. The molecule has 0 aliphatic carbocycles. The van der Waals surface area contributed by atoms with Gasteiger partial charge in [-0.2, -0.15) is 0 Å². The Labute approximate surface area is 118 Å². The predicted octanol–water partition coefficient (Wildman–Crippen LogP) is 1.79. The molecular weight excluding hydrogens is 286 g/mol. The maximum absolute atomic E-state index is 10.6. The average Bonchev–Trinajstić information content (AvgIpc) is 2.12. The fourth-order valence-corrected chi connectivity index (χ4v) is 2.64. The van der Waals surface area contributed by atoms with Crippen molar-refractivity contribution in [3.05, 3.63) is 0 Å². The van der Waals surface area contributed by atoms with Crippen LogP contribution in [0.2, 0.25) is 0 Å². The Kier molecular flexibility index (Phi) is 10.8. The highest BCUT2D eigenvalue weighted by Crippen LogP contribution is 2.04. The van der Waals surface area contributed by atoms with Gasteiger partial charge in [-0.15, -0.1) is 0 Å². The quantitative estimate of drug-likeness (QED) is 0.775. The van der Waals surface area contributed by atoms with Crippen LogP contribution in [0.4, 0.5) is 0 Å². The number of hydrogen-bond acceptors (Lipinski definition) is 4. The molecule has 0 amide bonds. The van der Waals surface area contributed by atoms with E-state index >= 15 is 0 Å². The second-order valence-electron chi connectivity index (χ2n) is 5.72. The Bertz CT molecular complexity index is 411. The second-order valence-corrected chi connectivity index (χ2v) is 9.71. The lowest BCUT2D eigenvalue weighted by molar-refractivity contribution is 0.562. The fraction of sp³-hybridized carbons (Fsp3) is 1.00. The predicted molar refractivity (Wildman–Crippen MR) is 81.2 cm³/mol. The molecule has 0 aromatic rings. The van der Waals surface area contributed by atoms with Gasteiger partial charge in [-0.25, -0.2) is 22.0 Å². The summed E-state index contributed by atoms with van der Waals surface area (Å²) in [4.78, 5) is 0. The minimum Gasteiger partial charge on any atom is -0.229 e. The molecule has 0 aromatic carbocycles. The van der Waals surface area contributed by atoms with Gasteiger partial charge in [0.2, 0.25) is 10.0 Å². The third-order valence-electron chi connectivity index (χ3n) is 2.28. The molecule has 0 aliphatic heterocycles. The molecule has 0 bridgehead atoms. The van der Waals surface area contributed by atoms with E-state index in [-0.39, 0.29) is 5.75 Å². The third-order valence-corrected chi connectivity index (χ3v) is 4.11. The summed E-state index contributed by atoms with van der Waals surface area (Å²) in [6.45, 7) is 8.13. The van der Waals surface area contributed by atoms with Crippen LogP contribution in [0.15, 0.2) is 0 Å². The lowest BCUT2D eigenvalue weighted by Gasteiger charge is -2.01. The standard InChI is InChI=1S/C7H16O2S.C5H13NO2S/c1-7(2)5-4-6-10(3,8)9;1-5(2)3-4-9(6,7)8/h7H,4-6H2,1-3H3;5H,3-4H2,1-2H3,(H2,6,7,8). The summed E-state index contributed by atoms with van der Waals surface area (Å²) in [5.41, 5.74) is 0. The Morgan fingerprint density at radius 3 is 1.47 bits per heavy atom. The summed E-state index contributed by atoms with van der Waals surface area (Å²) >= 11 is 0. The molecule has 0 saturated carbocycles. The SMILES string of the molecule is CC(C)CCCS(C)(=O)=O.CC(C)CCS(N)(=O)=O. The first-order chi connectivity index (χ1) is 8.33. The van der Waals surface area contributed by atoms with E-state index in [0.29, 0.717) is 24.0 Å². The summed E-state index contributed by atoms with van der Waals surface area (Å²) in [5.74, 6) is 1.46. The average molecular weight is 316 g/mol. The van der Waals surface area contributed by atoms with E-state index in [2.05, 4.69) is 13.8 Å². The number of sulfone groups is 1. The maximum atomic E-state index is 10.6. The van der Waals surface area contributed by atoms with Crippen molar-refractivity contribution in [2.75, 3.05) is 17.8 Å². The van der Waals surface area contributed by atoms with Gasteiger partial charge in [0.25, 0.3) is 0 Å². The molecule has 0 fully saturated rings. The van der Waals surface area contributed by atoms with Crippen LogP contribution in [0.5, 0.6) is 0 Å². The smallest absolute Gasteiger partial charge is 0.209 e. The zero-order valence-electron chi connectivity index (χ0n) is 12.7. The Balaban J connectivity index is 0. The number of sulfonamides is 1. The lowest BCUT2D eigenvalue weighted by atomic mass is 10.1. The van der Waals surface area contributed by atoms with Crippen molar-refractivity contribution in [2.45, 2.75) is 47.0 Å². The molecule has 0 heterocycles. The molecule has 19 heavy (non-hydrogen) atoms. The molecule has 0 spiro atoms. The van der Waals surface area contributed by atoms with Gasteiger partial charge in [0.1, 0.15) is 9.84 Å². The van der Waals surface area contributed by atoms with E-state index in [0.717, 1.165) is 12.8 Å². The minimum atomic E-state index is -3.22. The molecular formula is C12H29NO4S2. The van der Waals surface area contributed by atoms with Gasteiger partial charge in [-0.05, 0) is 24.7 Å². The van der Waals surface area contributed by atoms with Crippen LogP contribution in [-0.2, 0) is 19.9 Å². The summed E-state index contributed by atoms with van der Waals surface area (Å²) in [6.07, 6.45) is 3.75. The zero-order valence-corrected chi connectivity index (χ0v) is 14.4. The van der Waals surface area contributed by atoms with E-state index in [1.807, 2.05) is 13.8 Å². The first kappa shape index (κ1) is 21.2. The van der Waals surface area contributed by atoms with Crippen LogP contribution in [-0.4, -0.2) is 34.6 Å². The highest BCUT2D eigenvalue weighted by Gasteiger charge is 2.03. The van der Waals surface area contributed by atoms with E-state index < -0.39 is 19.9 Å². The second kappa shape index (κ2) is 9.72. The van der Waals surface area contributed by atoms with Gasteiger partial charge >= 0.3 is 0 Å². The molecule has 0 atom stereocenters. The van der Waals surface area contributed by atoms with Crippen molar-refractivity contribution in [1.82, 2.24) is 0 Å². The zero-order chi connectivity index (χ0) is 15.7. The Hall–Kier alpha value is -0.140. The summed E-state index contributed by atoms with van der Waals surface area (Å²) < 4.78 is 41.9. The number of rotatable bonds is 7. The summed E-state index contributed by atoms with van der Waals surface area (Å²) in [7, 11) is -5.94. The number of primary sulfonamides is 1. The van der Waals surface area contributed by atoms with Gasteiger partial charge in [-0.3, -0.25) is 0 Å². The fourth-order valence-electron chi connectivity index (χ4n) is 1.15. The van der Waals surface area contributed by atoms with Gasteiger partial charge in [0, 0.05) is 12.0 Å². The van der Waals surface area contributed by atoms with Crippen LogP contribution < -0.4 is 5.14 Å². The number of nitrogens with two attached hydrogens (primary N) is 1. The molecule has 0 rings (SSSR count). The molecule has 5 nitrogen and oxygen atoms in total. The maximum Gasteiger partial charge on any atom is 0.209 e. The van der Waals surface area contributed by atoms with Crippen molar-refractivity contribution in [2.24, 2.45) is 17.0 Å². The van der Waals surface area contributed by atoms with E-state index in [4.69, 9.17) is 5.14 Å². The van der Waals surface area contributed by atoms with Crippen LogP contribution >= 0.6 is 0 Å². The van der Waals surface area contributed by atoms with Crippen LogP contribution in [0.3, 0.4) is 0 Å². The van der Waals surface area contributed by atoms with Gasteiger partial charge in [0.05, 0.1) is 5.75 Å². The highest BCUT2D eigenvalue weighted by molar-refractivity contribution is 7.90. The first-order valence-electron chi connectivity index (χ1n) is 6.51. The molecule has 0 aliphatic rings. The molecule has 0 saturated heterocycles. The molecule has 0 unspecified atom stereocenters. The van der Waals surface area contributed by atoms with Crippen molar-refractivity contribution < 1.29 is 16.8 Å². The molecule has 7 heteroatoms. The monoisotopic (exact) mass is 315 g/mol. The van der Waals surface area contributed by atoms with Gasteiger partial charge in [-0.1, -0.05) is 34.1 Å². The molecule has 0 radical (unpaired) electrons. The summed E-state index contributed by atoms with van der Waals surface area (Å²) in [5, 5.41) is 4.76. The minimum absolute atomic E-state index is 0.102.